The third-order valence-electron chi connectivity index (χ3n) is 2.75. The Morgan fingerprint density at radius 2 is 2.14 bits per heavy atom. The normalized spacial score (nSPS) is 10.5. The summed E-state index contributed by atoms with van der Waals surface area (Å²) in [7, 11) is 0. The molecule has 3 aromatic rings. The molecule has 0 aliphatic heterocycles. The van der Waals surface area contributed by atoms with Crippen LogP contribution >= 0.6 is 11.3 Å². The summed E-state index contributed by atoms with van der Waals surface area (Å²) in [6.45, 7) is 1.86. The molecule has 6 heteroatoms. The minimum Gasteiger partial charge on any atom is -0.453 e. The number of rotatable bonds is 4. The quantitative estimate of drug-likeness (QED) is 0.690. The molecule has 0 unspecified atom stereocenters. The standard InChI is InChI=1S/C15H12N2O3S/c1-10-7-13(20-17-10)15(18)19-8-12-9-21-14(16-12)11-5-3-2-4-6-11/h2-7,9H,8H2,1H3. The summed E-state index contributed by atoms with van der Waals surface area (Å²) in [5, 5.41) is 6.42. The molecule has 5 nitrogen and oxygen atoms in total. The zero-order valence-corrected chi connectivity index (χ0v) is 12.1. The number of carbonyl (C=O) groups is 1. The number of thiazole rings is 1. The van der Waals surface area contributed by atoms with Gasteiger partial charge in [0.25, 0.3) is 0 Å². The number of hydrogen-bond acceptors (Lipinski definition) is 6. The van der Waals surface area contributed by atoms with Crippen molar-refractivity contribution in [2.24, 2.45) is 0 Å². The smallest absolute Gasteiger partial charge is 0.377 e. The Morgan fingerprint density at radius 1 is 1.33 bits per heavy atom. The number of aryl methyl sites for hydroxylation is 1. The van der Waals surface area contributed by atoms with E-state index in [9.17, 15) is 4.79 Å². The second kappa shape index (κ2) is 5.88. The lowest BCUT2D eigenvalue weighted by Gasteiger charge is -1.99. The van der Waals surface area contributed by atoms with E-state index >= 15 is 0 Å². The Kier molecular flexibility index (Phi) is 3.79. The molecule has 2 aromatic heterocycles. The van der Waals surface area contributed by atoms with Gasteiger partial charge in [-0.15, -0.1) is 11.3 Å². The predicted molar refractivity (Wildman–Crippen MR) is 77.9 cm³/mol. The largest absolute Gasteiger partial charge is 0.453 e. The van der Waals surface area contributed by atoms with Gasteiger partial charge in [0.2, 0.25) is 5.76 Å². The zero-order chi connectivity index (χ0) is 14.7. The number of hydrogen-bond donors (Lipinski definition) is 0. The van der Waals surface area contributed by atoms with Crippen molar-refractivity contribution in [3.05, 3.63) is 58.9 Å². The summed E-state index contributed by atoms with van der Waals surface area (Å²) in [6, 6.07) is 11.4. The molecule has 0 amide bonds. The Hall–Kier alpha value is -2.47. The van der Waals surface area contributed by atoms with Gasteiger partial charge in [-0.3, -0.25) is 0 Å². The molecule has 0 aliphatic carbocycles. The van der Waals surface area contributed by atoms with Crippen LogP contribution in [0.25, 0.3) is 10.6 Å². The van der Waals surface area contributed by atoms with E-state index in [0.29, 0.717) is 11.4 Å². The van der Waals surface area contributed by atoms with Crippen molar-refractivity contribution in [3.8, 4) is 10.6 Å². The maximum atomic E-state index is 11.7. The van der Waals surface area contributed by atoms with E-state index in [0.717, 1.165) is 10.6 Å². The van der Waals surface area contributed by atoms with Crippen LogP contribution in [0, 0.1) is 6.92 Å². The minimum absolute atomic E-state index is 0.103. The molecule has 0 atom stereocenters. The number of nitrogens with zero attached hydrogens (tertiary/aromatic N) is 2. The zero-order valence-electron chi connectivity index (χ0n) is 11.3. The first-order chi connectivity index (χ1) is 10.2. The molecule has 0 N–H and O–H groups in total. The van der Waals surface area contributed by atoms with Gasteiger partial charge >= 0.3 is 5.97 Å². The van der Waals surface area contributed by atoms with Gasteiger partial charge in [-0.25, -0.2) is 9.78 Å². The van der Waals surface area contributed by atoms with E-state index in [2.05, 4.69) is 10.1 Å². The predicted octanol–water partition coefficient (Wildman–Crippen LogP) is 3.46. The van der Waals surface area contributed by atoms with Gasteiger partial charge in [0.05, 0.1) is 11.4 Å². The van der Waals surface area contributed by atoms with Gasteiger partial charge in [-0.1, -0.05) is 35.5 Å². The first-order valence-electron chi connectivity index (χ1n) is 6.32. The summed E-state index contributed by atoms with van der Waals surface area (Å²) >= 11 is 1.52. The van der Waals surface area contributed by atoms with E-state index < -0.39 is 5.97 Å². The fourth-order valence-corrected chi connectivity index (χ4v) is 2.57. The minimum atomic E-state index is -0.537. The summed E-state index contributed by atoms with van der Waals surface area (Å²) < 4.78 is 9.99. The van der Waals surface area contributed by atoms with Gasteiger partial charge < -0.3 is 9.26 Å². The summed E-state index contributed by atoms with van der Waals surface area (Å²) in [5.74, 6) is -0.434. The second-order valence-electron chi connectivity index (χ2n) is 4.42. The highest BCUT2D eigenvalue weighted by molar-refractivity contribution is 7.13. The second-order valence-corrected chi connectivity index (χ2v) is 5.28. The van der Waals surface area contributed by atoms with Gasteiger partial charge in [0.15, 0.2) is 0 Å². The van der Waals surface area contributed by atoms with Gasteiger partial charge in [-0.2, -0.15) is 0 Å². The summed E-state index contributed by atoms with van der Waals surface area (Å²) in [5.41, 5.74) is 2.40. The molecule has 0 aliphatic rings. The average Bonchev–Trinajstić information content (AvgIpc) is 3.15. The molecule has 0 bridgehead atoms. The Labute approximate surface area is 125 Å². The van der Waals surface area contributed by atoms with Crippen LogP contribution in [0.3, 0.4) is 0 Å². The molecule has 21 heavy (non-hydrogen) atoms. The van der Waals surface area contributed by atoms with Gasteiger partial charge in [0.1, 0.15) is 11.6 Å². The van der Waals surface area contributed by atoms with E-state index in [4.69, 9.17) is 9.26 Å². The van der Waals surface area contributed by atoms with Crippen LogP contribution in [0.5, 0.6) is 0 Å². The van der Waals surface area contributed by atoms with Crippen molar-refractivity contribution in [2.75, 3.05) is 0 Å². The average molecular weight is 300 g/mol. The number of aromatic nitrogens is 2. The van der Waals surface area contributed by atoms with Crippen molar-refractivity contribution in [3.63, 3.8) is 0 Å². The SMILES string of the molecule is Cc1cc(C(=O)OCc2csc(-c3ccccc3)n2)on1. The van der Waals surface area contributed by atoms with E-state index in [1.807, 2.05) is 35.7 Å². The number of ether oxygens (including phenoxy) is 1. The number of benzene rings is 1. The van der Waals surface area contributed by atoms with E-state index in [1.54, 1.807) is 13.0 Å². The van der Waals surface area contributed by atoms with Crippen molar-refractivity contribution in [1.29, 1.82) is 0 Å². The first-order valence-corrected chi connectivity index (χ1v) is 7.20. The lowest BCUT2D eigenvalue weighted by Crippen LogP contribution is -2.04. The fraction of sp³-hybridized carbons (Fsp3) is 0.133. The maximum Gasteiger partial charge on any atom is 0.377 e. The molecule has 3 rings (SSSR count). The molecule has 106 valence electrons. The molecule has 0 fully saturated rings. The lowest BCUT2D eigenvalue weighted by molar-refractivity contribution is 0.0421. The van der Waals surface area contributed by atoms with Crippen molar-refractivity contribution in [2.45, 2.75) is 13.5 Å². The Bertz CT molecular complexity index is 749. The van der Waals surface area contributed by atoms with Crippen LogP contribution in [-0.2, 0) is 11.3 Å². The van der Waals surface area contributed by atoms with Crippen LogP contribution in [-0.4, -0.2) is 16.1 Å². The van der Waals surface area contributed by atoms with E-state index in [-0.39, 0.29) is 12.4 Å². The molecule has 0 saturated heterocycles. The maximum absolute atomic E-state index is 11.7. The van der Waals surface area contributed by atoms with Crippen LogP contribution in [0.2, 0.25) is 0 Å². The molecule has 1 aromatic carbocycles. The molecule has 0 spiro atoms. The molecule has 2 heterocycles. The van der Waals surface area contributed by atoms with Crippen LogP contribution in [0.1, 0.15) is 21.9 Å². The highest BCUT2D eigenvalue weighted by Gasteiger charge is 2.14. The van der Waals surface area contributed by atoms with Gasteiger partial charge in [0, 0.05) is 17.0 Å². The fourth-order valence-electron chi connectivity index (χ4n) is 1.76. The molecular weight excluding hydrogens is 288 g/mol. The molecule has 0 radical (unpaired) electrons. The molecular formula is C15H12N2O3S. The summed E-state index contributed by atoms with van der Waals surface area (Å²) in [6.07, 6.45) is 0. The monoisotopic (exact) mass is 300 g/mol. The van der Waals surface area contributed by atoms with E-state index in [1.165, 1.54) is 11.3 Å². The number of esters is 1. The lowest BCUT2D eigenvalue weighted by atomic mass is 10.2. The third-order valence-corrected chi connectivity index (χ3v) is 3.69. The van der Waals surface area contributed by atoms with Crippen LogP contribution in [0.15, 0.2) is 46.3 Å². The first kappa shape index (κ1) is 13.5. The number of carbonyl (C=O) groups excluding carboxylic acids is 1. The van der Waals surface area contributed by atoms with Crippen molar-refractivity contribution in [1.82, 2.24) is 10.1 Å². The highest BCUT2D eigenvalue weighted by Crippen LogP contribution is 2.23. The topological polar surface area (TPSA) is 65.2 Å². The Balaban J connectivity index is 1.64. The Morgan fingerprint density at radius 3 is 2.86 bits per heavy atom. The van der Waals surface area contributed by atoms with Crippen molar-refractivity contribution >= 4 is 17.3 Å². The van der Waals surface area contributed by atoms with Crippen LogP contribution < -0.4 is 0 Å². The van der Waals surface area contributed by atoms with Gasteiger partial charge in [-0.05, 0) is 6.92 Å². The summed E-state index contributed by atoms with van der Waals surface area (Å²) in [4.78, 5) is 16.2. The van der Waals surface area contributed by atoms with Crippen LogP contribution in [0.4, 0.5) is 0 Å². The molecule has 0 saturated carbocycles. The van der Waals surface area contributed by atoms with Crippen molar-refractivity contribution < 1.29 is 14.1 Å². The highest BCUT2D eigenvalue weighted by atomic mass is 32.1. The third kappa shape index (κ3) is 3.17.